The molecule has 0 bridgehead atoms. The zero-order valence-corrected chi connectivity index (χ0v) is 9.60. The van der Waals surface area contributed by atoms with Gasteiger partial charge in [-0.15, -0.1) is 0 Å². The van der Waals surface area contributed by atoms with Crippen molar-refractivity contribution in [2.24, 2.45) is 0 Å². The van der Waals surface area contributed by atoms with Crippen LogP contribution in [0.4, 0.5) is 0 Å². The summed E-state index contributed by atoms with van der Waals surface area (Å²) in [6.07, 6.45) is 1.41. The maximum atomic E-state index is 11.4. The van der Waals surface area contributed by atoms with E-state index in [4.69, 9.17) is 10.7 Å². The van der Waals surface area contributed by atoms with Crippen LogP contribution in [0.25, 0.3) is 6.08 Å². The standard InChI is InChI=1S/C8H5ClO4S2/c9-15(12,13)7-2-1-6-3-4-14(10,11)8(6)5-7/h1-5H. The van der Waals surface area contributed by atoms with E-state index in [1.54, 1.807) is 0 Å². The van der Waals surface area contributed by atoms with Crippen molar-refractivity contribution in [3.8, 4) is 0 Å². The molecule has 0 saturated heterocycles. The minimum absolute atomic E-state index is 0.0239. The second-order valence-electron chi connectivity index (χ2n) is 2.99. The molecule has 15 heavy (non-hydrogen) atoms. The lowest BCUT2D eigenvalue weighted by Crippen LogP contribution is -1.97. The van der Waals surface area contributed by atoms with Crippen LogP contribution in [-0.4, -0.2) is 16.8 Å². The third kappa shape index (κ3) is 1.80. The van der Waals surface area contributed by atoms with E-state index in [9.17, 15) is 16.8 Å². The van der Waals surface area contributed by atoms with Crippen LogP contribution in [0.15, 0.2) is 33.4 Å². The summed E-state index contributed by atoms with van der Waals surface area (Å²) >= 11 is 0. The quantitative estimate of drug-likeness (QED) is 0.719. The SMILES string of the molecule is O=S(=O)(Cl)c1ccc2c(c1)S(=O)(=O)C=C2. The number of hydrogen-bond donors (Lipinski definition) is 0. The van der Waals surface area contributed by atoms with Crippen molar-refractivity contribution in [3.63, 3.8) is 0 Å². The minimum Gasteiger partial charge on any atom is -0.219 e. The Kier molecular flexibility index (Phi) is 2.18. The fourth-order valence-corrected chi connectivity index (χ4v) is 3.37. The molecule has 0 aromatic heterocycles. The molecule has 0 spiro atoms. The third-order valence-electron chi connectivity index (χ3n) is 2.00. The van der Waals surface area contributed by atoms with Crippen LogP contribution < -0.4 is 0 Å². The second-order valence-corrected chi connectivity index (χ2v) is 7.35. The zero-order chi connectivity index (χ0) is 11.3. The summed E-state index contributed by atoms with van der Waals surface area (Å²) in [4.78, 5) is -0.237. The van der Waals surface area contributed by atoms with Crippen molar-refractivity contribution in [3.05, 3.63) is 29.2 Å². The van der Waals surface area contributed by atoms with Gasteiger partial charge < -0.3 is 0 Å². The third-order valence-corrected chi connectivity index (χ3v) is 4.81. The van der Waals surface area contributed by atoms with E-state index >= 15 is 0 Å². The summed E-state index contributed by atoms with van der Waals surface area (Å²) in [5, 5.41) is 1.03. The Morgan fingerprint density at radius 2 is 1.87 bits per heavy atom. The first kappa shape index (κ1) is 10.7. The van der Waals surface area contributed by atoms with Crippen molar-refractivity contribution in [1.29, 1.82) is 0 Å². The summed E-state index contributed by atoms with van der Waals surface area (Å²) < 4.78 is 44.8. The maximum Gasteiger partial charge on any atom is 0.261 e. The predicted octanol–water partition coefficient (Wildman–Crippen LogP) is 1.37. The Hall–Kier alpha value is -0.850. The minimum atomic E-state index is -3.89. The molecular weight excluding hydrogens is 260 g/mol. The predicted molar refractivity (Wildman–Crippen MR) is 55.7 cm³/mol. The summed E-state index contributed by atoms with van der Waals surface area (Å²) in [6, 6.07) is 3.74. The summed E-state index contributed by atoms with van der Waals surface area (Å²) in [5.41, 5.74) is 0.471. The highest BCUT2D eigenvalue weighted by molar-refractivity contribution is 8.13. The molecule has 0 N–H and O–H groups in total. The normalized spacial score (nSPS) is 17.7. The van der Waals surface area contributed by atoms with Gasteiger partial charge in [0.05, 0.1) is 9.79 Å². The summed E-state index contributed by atoms with van der Waals surface area (Å²) in [7, 11) is -2.28. The number of benzene rings is 1. The second kappa shape index (κ2) is 3.07. The molecule has 1 aromatic rings. The van der Waals surface area contributed by atoms with Gasteiger partial charge in [0.15, 0.2) is 9.84 Å². The largest absolute Gasteiger partial charge is 0.261 e. The van der Waals surface area contributed by atoms with Gasteiger partial charge in [-0.05, 0) is 23.8 Å². The molecule has 4 nitrogen and oxygen atoms in total. The molecule has 0 unspecified atom stereocenters. The van der Waals surface area contributed by atoms with E-state index in [0.717, 1.165) is 11.5 Å². The molecule has 80 valence electrons. The van der Waals surface area contributed by atoms with Gasteiger partial charge in [-0.3, -0.25) is 0 Å². The van der Waals surface area contributed by atoms with Crippen molar-refractivity contribution in [1.82, 2.24) is 0 Å². The molecule has 1 aliphatic rings. The van der Waals surface area contributed by atoms with E-state index in [0.29, 0.717) is 5.56 Å². The molecule has 0 aliphatic carbocycles. The lowest BCUT2D eigenvalue weighted by molar-refractivity contribution is 0.605. The van der Waals surface area contributed by atoms with E-state index in [1.807, 2.05) is 0 Å². The summed E-state index contributed by atoms with van der Waals surface area (Å²) in [5.74, 6) is 0. The van der Waals surface area contributed by atoms with Crippen molar-refractivity contribution >= 4 is 35.6 Å². The molecular formula is C8H5ClO4S2. The van der Waals surface area contributed by atoms with Crippen LogP contribution in [0.5, 0.6) is 0 Å². The van der Waals surface area contributed by atoms with E-state index in [1.165, 1.54) is 18.2 Å². The van der Waals surface area contributed by atoms with Crippen LogP contribution in [0.2, 0.25) is 0 Å². The molecule has 2 rings (SSSR count). The number of fused-ring (bicyclic) bond motifs is 1. The van der Waals surface area contributed by atoms with Crippen LogP contribution in [0, 0.1) is 0 Å². The van der Waals surface area contributed by atoms with Gasteiger partial charge in [-0.2, -0.15) is 0 Å². The first-order valence-electron chi connectivity index (χ1n) is 3.82. The fraction of sp³-hybridized carbons (Fsp3) is 0. The average molecular weight is 265 g/mol. The molecule has 0 fully saturated rings. The molecule has 0 atom stereocenters. The molecule has 0 saturated carbocycles. The number of hydrogen-bond acceptors (Lipinski definition) is 4. The fourth-order valence-electron chi connectivity index (χ4n) is 1.29. The van der Waals surface area contributed by atoms with E-state index in [-0.39, 0.29) is 9.79 Å². The highest BCUT2D eigenvalue weighted by Crippen LogP contribution is 2.29. The molecule has 1 aromatic carbocycles. The Morgan fingerprint density at radius 1 is 1.20 bits per heavy atom. The van der Waals surface area contributed by atoms with Gasteiger partial charge in [-0.1, -0.05) is 6.07 Å². The van der Waals surface area contributed by atoms with Crippen LogP contribution in [-0.2, 0) is 18.9 Å². The molecule has 1 heterocycles. The lowest BCUT2D eigenvalue weighted by Gasteiger charge is -2.00. The topological polar surface area (TPSA) is 68.3 Å². The van der Waals surface area contributed by atoms with E-state index in [2.05, 4.69) is 0 Å². The van der Waals surface area contributed by atoms with Gasteiger partial charge in [0.2, 0.25) is 0 Å². The van der Waals surface area contributed by atoms with Gasteiger partial charge in [0.1, 0.15) is 0 Å². The monoisotopic (exact) mass is 264 g/mol. The van der Waals surface area contributed by atoms with Crippen LogP contribution in [0.3, 0.4) is 0 Å². The Morgan fingerprint density at radius 3 is 2.47 bits per heavy atom. The highest BCUT2D eigenvalue weighted by atomic mass is 35.7. The van der Waals surface area contributed by atoms with Crippen molar-refractivity contribution in [2.75, 3.05) is 0 Å². The van der Waals surface area contributed by atoms with Gasteiger partial charge in [0, 0.05) is 16.1 Å². The van der Waals surface area contributed by atoms with Gasteiger partial charge in [-0.25, -0.2) is 16.8 Å². The lowest BCUT2D eigenvalue weighted by atomic mass is 10.2. The smallest absolute Gasteiger partial charge is 0.219 e. The van der Waals surface area contributed by atoms with Gasteiger partial charge in [0.25, 0.3) is 9.05 Å². The number of halogens is 1. The Balaban J connectivity index is 2.75. The first-order valence-corrected chi connectivity index (χ1v) is 7.68. The first-order chi connectivity index (χ1) is 6.81. The molecule has 7 heteroatoms. The maximum absolute atomic E-state index is 11.4. The Labute approximate surface area is 91.5 Å². The van der Waals surface area contributed by atoms with E-state index < -0.39 is 18.9 Å². The highest BCUT2D eigenvalue weighted by Gasteiger charge is 2.23. The molecule has 0 amide bonds. The van der Waals surface area contributed by atoms with Gasteiger partial charge >= 0.3 is 0 Å². The number of rotatable bonds is 1. The zero-order valence-electron chi connectivity index (χ0n) is 7.21. The number of sulfone groups is 1. The van der Waals surface area contributed by atoms with Crippen LogP contribution >= 0.6 is 10.7 Å². The van der Waals surface area contributed by atoms with Crippen LogP contribution in [0.1, 0.15) is 5.56 Å². The average Bonchev–Trinajstić information content (AvgIpc) is 2.41. The molecule has 0 radical (unpaired) electrons. The Bertz CT molecular complexity index is 656. The molecule has 1 aliphatic heterocycles. The van der Waals surface area contributed by atoms with Crippen molar-refractivity contribution in [2.45, 2.75) is 9.79 Å². The summed E-state index contributed by atoms with van der Waals surface area (Å²) in [6.45, 7) is 0. The van der Waals surface area contributed by atoms with Crippen molar-refractivity contribution < 1.29 is 16.8 Å².